The van der Waals surface area contributed by atoms with E-state index in [4.69, 9.17) is 10.2 Å². The van der Waals surface area contributed by atoms with Crippen LogP contribution >= 0.6 is 0 Å². The summed E-state index contributed by atoms with van der Waals surface area (Å²) in [5.41, 5.74) is 7.85. The quantitative estimate of drug-likeness (QED) is 0.474. The van der Waals surface area contributed by atoms with Crippen molar-refractivity contribution in [3.63, 3.8) is 0 Å². The number of hydrogen-bond donors (Lipinski definition) is 0. The first-order valence-electron chi connectivity index (χ1n) is 3.59. The van der Waals surface area contributed by atoms with Crippen molar-refractivity contribution in [1.29, 1.82) is 0 Å². The van der Waals surface area contributed by atoms with E-state index in [1.54, 1.807) is 42.7 Å². The molecule has 0 amide bonds. The fourth-order valence-corrected chi connectivity index (χ4v) is 0.744. The van der Waals surface area contributed by atoms with E-state index < -0.39 is 0 Å². The predicted octanol–water partition coefficient (Wildman–Crippen LogP) is 0.419. The predicted molar refractivity (Wildman–Crippen MR) is 50.3 cm³/mol. The number of hydrogen-bond acceptors (Lipinski definition) is 1. The average molecular weight is 167 g/mol. The average Bonchev–Trinajstić information content (AvgIpc) is 2.56. The first-order chi connectivity index (χ1) is 5.84. The van der Waals surface area contributed by atoms with Gasteiger partial charge in [-0.2, -0.15) is 0 Å². The molecule has 2 nitrogen and oxygen atoms in total. The first-order valence-corrected chi connectivity index (χ1v) is 3.59. The third-order valence-electron chi connectivity index (χ3n) is 1.30. The van der Waals surface area contributed by atoms with Gasteiger partial charge in [0, 0.05) is 0 Å². The van der Waals surface area contributed by atoms with Gasteiger partial charge in [-0.25, -0.2) is 0 Å². The minimum Gasteiger partial charge on any atom is -0.696 e. The van der Waals surface area contributed by atoms with Gasteiger partial charge in [0.15, 0.2) is 0 Å². The zero-order chi connectivity index (χ0) is 8.81. The monoisotopic (exact) mass is 167 g/mol. The van der Waals surface area contributed by atoms with Crippen LogP contribution in [0.25, 0.3) is 11.4 Å². The van der Waals surface area contributed by atoms with Gasteiger partial charge in [-0.15, -0.1) is 0 Å². The van der Waals surface area contributed by atoms with E-state index in [9.17, 15) is 0 Å². The molecule has 1 aromatic rings. The van der Waals surface area contributed by atoms with Gasteiger partial charge in [0.05, 0.1) is 6.26 Å². The van der Waals surface area contributed by atoms with Crippen molar-refractivity contribution in [3.8, 4) is 0 Å². The van der Waals surface area contributed by atoms with E-state index in [2.05, 4.69) is 6.58 Å². The van der Waals surface area contributed by atoms with E-state index >= 15 is 0 Å². The van der Waals surface area contributed by atoms with Crippen LogP contribution in [-0.2, 0) is 0 Å². The first kappa shape index (κ1) is 11.9. The van der Waals surface area contributed by atoms with E-state index in [-0.39, 0.29) is 18.9 Å². The number of allylic oxidation sites excluding steroid dienone is 4. The topological polar surface area (TPSA) is 36.9 Å². The molecule has 0 aliphatic heterocycles. The van der Waals surface area contributed by atoms with Crippen LogP contribution in [0, 0.1) is 0 Å². The molecule has 0 aliphatic carbocycles. The zero-order valence-corrected chi connectivity index (χ0v) is 7.66. The molecule has 1 N–H and O–H groups in total. The molecule has 13 heavy (non-hydrogen) atoms. The Kier molecular flexibility index (Phi) is 5.87. The molecule has 62 valence electrons. The molecule has 0 bridgehead atoms. The molecule has 0 atom stereocenters. The Labute approximate surface area is 90.0 Å². The third-order valence-corrected chi connectivity index (χ3v) is 1.30. The number of furan rings is 1. The number of rotatable bonds is 3. The summed E-state index contributed by atoms with van der Waals surface area (Å²) < 4.78 is 5.01. The van der Waals surface area contributed by atoms with Crippen molar-refractivity contribution in [1.82, 2.24) is 0 Å². The van der Waals surface area contributed by atoms with Gasteiger partial charge in [0.25, 0.3) is 0 Å². The molecule has 0 aliphatic rings. The normalized spacial score (nSPS) is 11.2. The molecular formula is C10H10LiNO. The Bertz CT molecular complexity index is 299. The second kappa shape index (κ2) is 6.42. The zero-order valence-electron chi connectivity index (χ0n) is 7.66. The van der Waals surface area contributed by atoms with E-state index in [0.29, 0.717) is 11.5 Å². The van der Waals surface area contributed by atoms with E-state index in [0.717, 1.165) is 0 Å². The maximum absolute atomic E-state index is 7.49. The Balaban J connectivity index is 0.00000144. The van der Waals surface area contributed by atoms with Crippen LogP contribution in [0.5, 0.6) is 0 Å². The van der Waals surface area contributed by atoms with Gasteiger partial charge < -0.3 is 10.2 Å². The van der Waals surface area contributed by atoms with Crippen LogP contribution in [0.3, 0.4) is 0 Å². The summed E-state index contributed by atoms with van der Waals surface area (Å²) >= 11 is 0. The van der Waals surface area contributed by atoms with Crippen LogP contribution in [0.1, 0.15) is 5.76 Å². The van der Waals surface area contributed by atoms with E-state index in [1.165, 1.54) is 0 Å². The molecule has 3 heteroatoms. The maximum Gasteiger partial charge on any atom is 1.00 e. The Morgan fingerprint density at radius 1 is 1.46 bits per heavy atom. The van der Waals surface area contributed by atoms with Crippen LogP contribution in [0.15, 0.2) is 53.7 Å². The van der Waals surface area contributed by atoms with Gasteiger partial charge in [-0.3, -0.25) is 0 Å². The molecule has 0 radical (unpaired) electrons. The summed E-state index contributed by atoms with van der Waals surface area (Å²) in [4.78, 5) is 0. The fraction of sp³-hybridized carbons (Fsp3) is 0. The summed E-state index contributed by atoms with van der Waals surface area (Å²) in [7, 11) is 0. The van der Waals surface area contributed by atoms with Crippen molar-refractivity contribution in [2.75, 3.05) is 0 Å². The van der Waals surface area contributed by atoms with Crippen LogP contribution < -0.4 is 18.9 Å². The van der Waals surface area contributed by atoms with Gasteiger partial charge in [-0.05, 0) is 12.1 Å². The summed E-state index contributed by atoms with van der Waals surface area (Å²) in [6, 6.07) is 3.51. The maximum atomic E-state index is 7.49. The smallest absolute Gasteiger partial charge is 0.696 e. The third kappa shape index (κ3) is 3.89. The minimum absolute atomic E-state index is 0. The van der Waals surface area contributed by atoms with Crippen molar-refractivity contribution < 1.29 is 23.3 Å². The van der Waals surface area contributed by atoms with Gasteiger partial charge >= 0.3 is 18.9 Å². The van der Waals surface area contributed by atoms with Crippen molar-refractivity contribution >= 4 is 5.70 Å². The van der Waals surface area contributed by atoms with Crippen LogP contribution in [0.4, 0.5) is 0 Å². The molecule has 0 aromatic carbocycles. The molecule has 0 saturated heterocycles. The fourth-order valence-electron chi connectivity index (χ4n) is 0.744. The van der Waals surface area contributed by atoms with Gasteiger partial charge in [-0.1, -0.05) is 36.6 Å². The molecule has 1 rings (SSSR count). The van der Waals surface area contributed by atoms with Gasteiger partial charge in [0.2, 0.25) is 0 Å². The van der Waals surface area contributed by atoms with Crippen molar-refractivity contribution in [2.24, 2.45) is 0 Å². The molecule has 0 unspecified atom stereocenters. The standard InChI is InChI=1S/C10H10NO.Li/c1-2-3-4-6-9(11)10-7-5-8-12-10;/h2-8,11H,1H2;/q-1;+1/b4-3+,9-6-;. The molecule has 1 aromatic heterocycles. The summed E-state index contributed by atoms with van der Waals surface area (Å²) in [6.07, 6.45) is 8.37. The second-order valence-electron chi connectivity index (χ2n) is 2.18. The van der Waals surface area contributed by atoms with Crippen molar-refractivity contribution in [2.45, 2.75) is 0 Å². The summed E-state index contributed by atoms with van der Waals surface area (Å²) in [5, 5.41) is 0. The largest absolute Gasteiger partial charge is 1.00 e. The van der Waals surface area contributed by atoms with Crippen LogP contribution in [0.2, 0.25) is 0 Å². The molecule has 1 heterocycles. The minimum atomic E-state index is 0. The number of nitrogens with one attached hydrogen (secondary N) is 1. The van der Waals surface area contributed by atoms with Crippen LogP contribution in [-0.4, -0.2) is 0 Å². The molecule has 0 spiro atoms. The second-order valence-corrected chi connectivity index (χ2v) is 2.18. The summed E-state index contributed by atoms with van der Waals surface area (Å²) in [6.45, 7) is 3.52. The molecule has 0 fully saturated rings. The van der Waals surface area contributed by atoms with Gasteiger partial charge in [0.1, 0.15) is 5.76 Å². The van der Waals surface area contributed by atoms with E-state index in [1.807, 2.05) is 0 Å². The Hall–Kier alpha value is -1.10. The molecule has 0 saturated carbocycles. The SMILES string of the molecule is C=C/C=C/C=C(\[NH-])c1ccco1.[Li+]. The Morgan fingerprint density at radius 3 is 2.77 bits per heavy atom. The molecular weight excluding hydrogens is 157 g/mol. The summed E-state index contributed by atoms with van der Waals surface area (Å²) in [5.74, 6) is 0.573. The Morgan fingerprint density at radius 2 is 2.23 bits per heavy atom. The van der Waals surface area contributed by atoms with Crippen molar-refractivity contribution in [3.05, 3.63) is 60.8 Å².